The number of amides is 1. The van der Waals surface area contributed by atoms with Gasteiger partial charge in [-0.2, -0.15) is 0 Å². The van der Waals surface area contributed by atoms with Gasteiger partial charge in [0.05, 0.1) is 17.9 Å². The van der Waals surface area contributed by atoms with Gasteiger partial charge >= 0.3 is 5.97 Å². The summed E-state index contributed by atoms with van der Waals surface area (Å²) in [6.07, 6.45) is 2.27. The number of nitrogens with one attached hydrogen (secondary N) is 2. The van der Waals surface area contributed by atoms with E-state index in [9.17, 15) is 9.59 Å². The minimum Gasteiger partial charge on any atom is -0.462 e. The molecule has 7 heteroatoms. The van der Waals surface area contributed by atoms with E-state index in [4.69, 9.17) is 4.74 Å². The molecule has 1 aromatic carbocycles. The van der Waals surface area contributed by atoms with Crippen molar-refractivity contribution in [1.29, 1.82) is 0 Å². The molecule has 1 saturated carbocycles. The number of nitrogens with zero attached hydrogens (tertiary/aromatic N) is 2. The van der Waals surface area contributed by atoms with E-state index in [0.717, 1.165) is 12.8 Å². The molecule has 1 aliphatic carbocycles. The van der Waals surface area contributed by atoms with Crippen LogP contribution in [0, 0.1) is 0 Å². The number of carbonyl (C=O) groups excluding carboxylic acids is 2. The maximum Gasteiger partial charge on any atom is 0.340 e. The van der Waals surface area contributed by atoms with Crippen LogP contribution >= 0.6 is 0 Å². The lowest BCUT2D eigenvalue weighted by Crippen LogP contribution is -2.17. The van der Waals surface area contributed by atoms with Crippen LogP contribution in [0.15, 0.2) is 36.4 Å². The van der Waals surface area contributed by atoms with Gasteiger partial charge in [0.25, 0.3) is 5.91 Å². The second kappa shape index (κ2) is 7.08. The number of rotatable bonds is 6. The number of carbonyl (C=O) groups is 2. The number of ether oxygens (including phenoxy) is 1. The zero-order valence-corrected chi connectivity index (χ0v) is 13.3. The molecule has 0 aliphatic heterocycles. The number of para-hydroxylation sites is 1. The number of anilines is 2. The van der Waals surface area contributed by atoms with Crippen LogP contribution in [0.4, 0.5) is 11.5 Å². The van der Waals surface area contributed by atoms with Gasteiger partial charge in [-0.3, -0.25) is 4.79 Å². The van der Waals surface area contributed by atoms with Crippen LogP contribution in [-0.2, 0) is 4.74 Å². The zero-order chi connectivity index (χ0) is 16.9. The second-order valence-corrected chi connectivity index (χ2v) is 5.44. The van der Waals surface area contributed by atoms with Crippen molar-refractivity contribution in [1.82, 2.24) is 10.2 Å². The van der Waals surface area contributed by atoms with E-state index >= 15 is 0 Å². The smallest absolute Gasteiger partial charge is 0.340 e. The molecular weight excluding hydrogens is 308 g/mol. The molecule has 1 aromatic heterocycles. The largest absolute Gasteiger partial charge is 0.462 e. The van der Waals surface area contributed by atoms with E-state index < -0.39 is 11.9 Å². The van der Waals surface area contributed by atoms with Gasteiger partial charge < -0.3 is 15.4 Å². The molecule has 1 heterocycles. The molecule has 1 fully saturated rings. The minimum absolute atomic E-state index is 0.176. The highest BCUT2D eigenvalue weighted by atomic mass is 16.5. The standard InChI is InChI=1S/C17H18N4O3/c1-2-24-17(23)12-5-3-4-6-13(12)19-16(22)14-9-10-15(21-20-14)18-11-7-8-11/h3-6,9-11H,2,7-8H2,1H3,(H,18,21)(H,19,22). The normalized spacial score (nSPS) is 13.2. The molecule has 1 aliphatic rings. The summed E-state index contributed by atoms with van der Waals surface area (Å²) in [5.74, 6) is -0.262. The Balaban J connectivity index is 1.71. The Morgan fingerprint density at radius 2 is 1.96 bits per heavy atom. The Labute approximate surface area is 139 Å². The quantitative estimate of drug-likeness (QED) is 0.792. The summed E-state index contributed by atoms with van der Waals surface area (Å²) in [5.41, 5.74) is 0.852. The third kappa shape index (κ3) is 3.87. The van der Waals surface area contributed by atoms with E-state index in [2.05, 4.69) is 20.8 Å². The molecule has 7 nitrogen and oxygen atoms in total. The first-order valence-corrected chi connectivity index (χ1v) is 7.85. The van der Waals surface area contributed by atoms with E-state index in [0.29, 0.717) is 23.1 Å². The van der Waals surface area contributed by atoms with Crippen molar-refractivity contribution in [2.75, 3.05) is 17.2 Å². The monoisotopic (exact) mass is 326 g/mol. The summed E-state index contributed by atoms with van der Waals surface area (Å²) in [7, 11) is 0. The first-order chi connectivity index (χ1) is 11.7. The van der Waals surface area contributed by atoms with Crippen molar-refractivity contribution in [2.45, 2.75) is 25.8 Å². The minimum atomic E-state index is -0.483. The van der Waals surface area contributed by atoms with E-state index in [1.54, 1.807) is 43.3 Å². The van der Waals surface area contributed by atoms with Gasteiger partial charge in [-0.15, -0.1) is 10.2 Å². The SMILES string of the molecule is CCOC(=O)c1ccccc1NC(=O)c1ccc(NC2CC2)nn1. The van der Waals surface area contributed by atoms with Crippen molar-refractivity contribution in [2.24, 2.45) is 0 Å². The average Bonchev–Trinajstić information content (AvgIpc) is 3.40. The van der Waals surface area contributed by atoms with Crippen LogP contribution in [0.25, 0.3) is 0 Å². The Hall–Kier alpha value is -2.96. The molecule has 2 N–H and O–H groups in total. The Kier molecular flexibility index (Phi) is 4.69. The van der Waals surface area contributed by atoms with E-state index in [1.807, 2.05) is 0 Å². The Morgan fingerprint density at radius 1 is 1.17 bits per heavy atom. The summed E-state index contributed by atoms with van der Waals surface area (Å²) in [6, 6.07) is 10.5. The zero-order valence-electron chi connectivity index (χ0n) is 13.3. The number of aromatic nitrogens is 2. The summed E-state index contributed by atoms with van der Waals surface area (Å²) < 4.78 is 4.99. The van der Waals surface area contributed by atoms with Crippen molar-refractivity contribution in [3.8, 4) is 0 Å². The van der Waals surface area contributed by atoms with Crippen LogP contribution in [0.2, 0.25) is 0 Å². The first kappa shape index (κ1) is 15.9. The van der Waals surface area contributed by atoms with E-state index in [-0.39, 0.29) is 12.3 Å². The topological polar surface area (TPSA) is 93.2 Å². The fourth-order valence-corrected chi connectivity index (χ4v) is 2.13. The van der Waals surface area contributed by atoms with Gasteiger partial charge in [0.15, 0.2) is 5.69 Å². The van der Waals surface area contributed by atoms with Crippen LogP contribution in [0.3, 0.4) is 0 Å². The molecule has 124 valence electrons. The van der Waals surface area contributed by atoms with Gasteiger partial charge in [-0.1, -0.05) is 12.1 Å². The average molecular weight is 326 g/mol. The molecule has 0 unspecified atom stereocenters. The summed E-state index contributed by atoms with van der Waals surface area (Å²) >= 11 is 0. The predicted octanol–water partition coefficient (Wildman–Crippen LogP) is 2.48. The number of benzene rings is 1. The second-order valence-electron chi connectivity index (χ2n) is 5.44. The van der Waals surface area contributed by atoms with E-state index in [1.165, 1.54) is 0 Å². The van der Waals surface area contributed by atoms with Crippen molar-refractivity contribution in [3.63, 3.8) is 0 Å². The molecule has 0 radical (unpaired) electrons. The molecule has 0 saturated heterocycles. The summed E-state index contributed by atoms with van der Waals surface area (Å²) in [4.78, 5) is 24.2. The van der Waals surface area contributed by atoms with Gasteiger partial charge in [0.2, 0.25) is 0 Å². The molecular formula is C17H18N4O3. The molecule has 1 amide bonds. The maximum absolute atomic E-state index is 12.3. The lowest BCUT2D eigenvalue weighted by atomic mass is 10.1. The highest BCUT2D eigenvalue weighted by molar-refractivity contribution is 6.07. The Bertz CT molecular complexity index is 742. The van der Waals surface area contributed by atoms with Crippen molar-refractivity contribution in [3.05, 3.63) is 47.7 Å². The van der Waals surface area contributed by atoms with Gasteiger partial charge in [0, 0.05) is 6.04 Å². The fraction of sp³-hybridized carbons (Fsp3) is 0.294. The molecule has 3 rings (SSSR count). The number of hydrogen-bond acceptors (Lipinski definition) is 6. The van der Waals surface area contributed by atoms with Gasteiger partial charge in [-0.25, -0.2) is 4.79 Å². The van der Waals surface area contributed by atoms with Gasteiger partial charge in [0.1, 0.15) is 5.82 Å². The lowest BCUT2D eigenvalue weighted by Gasteiger charge is -2.10. The van der Waals surface area contributed by atoms with Crippen molar-refractivity contribution < 1.29 is 14.3 Å². The molecule has 2 aromatic rings. The van der Waals surface area contributed by atoms with Crippen LogP contribution < -0.4 is 10.6 Å². The van der Waals surface area contributed by atoms with Crippen LogP contribution in [0.5, 0.6) is 0 Å². The van der Waals surface area contributed by atoms with Crippen LogP contribution in [0.1, 0.15) is 40.6 Å². The summed E-state index contributed by atoms with van der Waals surface area (Å²) in [5, 5.41) is 13.8. The maximum atomic E-state index is 12.3. The predicted molar refractivity (Wildman–Crippen MR) is 89.0 cm³/mol. The molecule has 24 heavy (non-hydrogen) atoms. The highest BCUT2D eigenvalue weighted by Gasteiger charge is 2.21. The number of hydrogen-bond donors (Lipinski definition) is 2. The molecule has 0 bridgehead atoms. The number of esters is 1. The van der Waals surface area contributed by atoms with Crippen molar-refractivity contribution >= 4 is 23.4 Å². The molecule has 0 spiro atoms. The third-order valence-corrected chi connectivity index (χ3v) is 3.50. The Morgan fingerprint density at radius 3 is 2.62 bits per heavy atom. The third-order valence-electron chi connectivity index (χ3n) is 3.50. The highest BCUT2D eigenvalue weighted by Crippen LogP contribution is 2.23. The van der Waals surface area contributed by atoms with Crippen LogP contribution in [-0.4, -0.2) is 34.7 Å². The van der Waals surface area contributed by atoms with Gasteiger partial charge in [-0.05, 0) is 44.0 Å². The molecule has 0 atom stereocenters. The summed E-state index contributed by atoms with van der Waals surface area (Å²) in [6.45, 7) is 1.99. The fourth-order valence-electron chi connectivity index (χ4n) is 2.13. The first-order valence-electron chi connectivity index (χ1n) is 7.85. The lowest BCUT2D eigenvalue weighted by molar-refractivity contribution is 0.0527.